The van der Waals surface area contributed by atoms with Crippen LogP contribution in [0.2, 0.25) is 0 Å². The quantitative estimate of drug-likeness (QED) is 0.920. The number of hydrogen-bond donors (Lipinski definition) is 1. The van der Waals surface area contributed by atoms with Gasteiger partial charge in [-0.3, -0.25) is 9.69 Å². The maximum Gasteiger partial charge on any atom is 0.322 e. The van der Waals surface area contributed by atoms with Crippen molar-refractivity contribution in [1.29, 1.82) is 0 Å². The number of urea groups is 1. The summed E-state index contributed by atoms with van der Waals surface area (Å²) >= 11 is 0. The highest BCUT2D eigenvalue weighted by Crippen LogP contribution is 2.36. The van der Waals surface area contributed by atoms with Gasteiger partial charge in [-0.1, -0.05) is 26.0 Å². The molecule has 0 saturated carbocycles. The number of carbonyl (C=O) groups is 2. The van der Waals surface area contributed by atoms with E-state index in [0.717, 1.165) is 17.0 Å². The van der Waals surface area contributed by atoms with Gasteiger partial charge < -0.3 is 15.0 Å². The van der Waals surface area contributed by atoms with Crippen LogP contribution < -0.4 is 10.1 Å². The monoisotopic (exact) mass is 329 g/mol. The molecule has 0 bridgehead atoms. The van der Waals surface area contributed by atoms with E-state index in [0.29, 0.717) is 24.6 Å². The summed E-state index contributed by atoms with van der Waals surface area (Å²) in [6, 6.07) is 6.85. The van der Waals surface area contributed by atoms with Crippen LogP contribution in [0.15, 0.2) is 35.5 Å². The van der Waals surface area contributed by atoms with Gasteiger partial charge in [0, 0.05) is 13.6 Å². The lowest BCUT2D eigenvalue weighted by atomic mass is 9.95. The maximum absolute atomic E-state index is 12.9. The van der Waals surface area contributed by atoms with E-state index in [4.69, 9.17) is 4.74 Å². The minimum absolute atomic E-state index is 0.00590. The summed E-state index contributed by atoms with van der Waals surface area (Å²) in [4.78, 5) is 28.6. The second-order valence-electron chi connectivity index (χ2n) is 6.65. The molecule has 2 aliphatic heterocycles. The summed E-state index contributed by atoms with van der Waals surface area (Å²) in [6.45, 7) is 5.34. The molecular formula is C18H23N3O3. The molecule has 0 aliphatic carbocycles. The number of hydrogen-bond acceptors (Lipinski definition) is 3. The zero-order chi connectivity index (χ0) is 17.4. The molecular weight excluding hydrogens is 306 g/mol. The number of benzene rings is 1. The fraction of sp³-hybridized carbons (Fsp3) is 0.444. The Hall–Kier alpha value is -2.50. The topological polar surface area (TPSA) is 61.9 Å². The van der Waals surface area contributed by atoms with Crippen molar-refractivity contribution in [2.45, 2.75) is 19.9 Å². The Bertz CT molecular complexity index is 694. The molecule has 1 unspecified atom stereocenters. The summed E-state index contributed by atoms with van der Waals surface area (Å²) < 4.78 is 5.18. The van der Waals surface area contributed by atoms with Gasteiger partial charge in [0.25, 0.3) is 5.91 Å². The predicted molar refractivity (Wildman–Crippen MR) is 90.5 cm³/mol. The molecule has 128 valence electrons. The molecule has 6 nitrogen and oxygen atoms in total. The van der Waals surface area contributed by atoms with Crippen molar-refractivity contribution in [3.63, 3.8) is 0 Å². The van der Waals surface area contributed by atoms with Gasteiger partial charge in [0.15, 0.2) is 0 Å². The third kappa shape index (κ3) is 2.72. The number of nitrogens with zero attached hydrogens (tertiary/aromatic N) is 2. The van der Waals surface area contributed by atoms with Crippen LogP contribution >= 0.6 is 0 Å². The average Bonchev–Trinajstić information content (AvgIpc) is 2.88. The zero-order valence-corrected chi connectivity index (χ0v) is 14.5. The molecule has 0 spiro atoms. The van der Waals surface area contributed by atoms with E-state index in [-0.39, 0.29) is 11.9 Å². The van der Waals surface area contributed by atoms with E-state index in [1.165, 1.54) is 0 Å². The number of nitrogens with one attached hydrogen (secondary N) is 1. The molecule has 3 amide bonds. The fourth-order valence-corrected chi connectivity index (χ4v) is 3.26. The highest BCUT2D eigenvalue weighted by Gasteiger charge is 2.42. The van der Waals surface area contributed by atoms with Gasteiger partial charge in [0.1, 0.15) is 5.75 Å². The van der Waals surface area contributed by atoms with Crippen LogP contribution in [0.4, 0.5) is 4.79 Å². The van der Waals surface area contributed by atoms with Gasteiger partial charge in [-0.25, -0.2) is 4.79 Å². The molecule has 0 fully saturated rings. The Labute approximate surface area is 142 Å². The van der Waals surface area contributed by atoms with Crippen LogP contribution in [-0.2, 0) is 4.79 Å². The molecule has 2 aliphatic rings. The lowest BCUT2D eigenvalue weighted by molar-refractivity contribution is -0.126. The second kappa shape index (κ2) is 6.19. The molecule has 24 heavy (non-hydrogen) atoms. The molecule has 0 saturated heterocycles. The SMILES string of the molecule is COc1ccc(C2NC(=O)N(C)C3=C2C(=O)N(CC(C)C)C3)cc1. The van der Waals surface area contributed by atoms with Crippen LogP contribution in [-0.4, -0.2) is 49.0 Å². The molecule has 1 atom stereocenters. The number of amides is 3. The van der Waals surface area contributed by atoms with Crippen molar-refractivity contribution in [1.82, 2.24) is 15.1 Å². The summed E-state index contributed by atoms with van der Waals surface area (Å²) in [5, 5.41) is 2.94. The molecule has 2 heterocycles. The number of rotatable bonds is 4. The summed E-state index contributed by atoms with van der Waals surface area (Å²) in [5.74, 6) is 1.13. The Morgan fingerprint density at radius 2 is 1.92 bits per heavy atom. The van der Waals surface area contributed by atoms with Crippen LogP contribution in [0, 0.1) is 5.92 Å². The zero-order valence-electron chi connectivity index (χ0n) is 14.5. The van der Waals surface area contributed by atoms with Gasteiger partial charge in [-0.15, -0.1) is 0 Å². The van der Waals surface area contributed by atoms with Gasteiger partial charge in [0.2, 0.25) is 0 Å². The minimum Gasteiger partial charge on any atom is -0.497 e. The number of methoxy groups -OCH3 is 1. The Morgan fingerprint density at radius 1 is 1.25 bits per heavy atom. The van der Waals surface area contributed by atoms with Gasteiger partial charge in [-0.2, -0.15) is 0 Å². The normalized spacial score (nSPS) is 20.6. The highest BCUT2D eigenvalue weighted by molar-refractivity contribution is 6.01. The Morgan fingerprint density at radius 3 is 2.50 bits per heavy atom. The first kappa shape index (κ1) is 16.4. The Kier molecular flexibility index (Phi) is 4.22. The first-order chi connectivity index (χ1) is 11.4. The summed E-state index contributed by atoms with van der Waals surface area (Å²) in [7, 11) is 3.32. The van der Waals surface area contributed by atoms with Crippen molar-refractivity contribution in [2.24, 2.45) is 5.92 Å². The van der Waals surface area contributed by atoms with E-state index in [1.54, 1.807) is 19.1 Å². The van der Waals surface area contributed by atoms with Crippen molar-refractivity contribution in [3.8, 4) is 5.75 Å². The number of ether oxygens (including phenoxy) is 1. The highest BCUT2D eigenvalue weighted by atomic mass is 16.5. The van der Waals surface area contributed by atoms with E-state index < -0.39 is 6.04 Å². The average molecular weight is 329 g/mol. The minimum atomic E-state index is -0.417. The van der Waals surface area contributed by atoms with E-state index in [1.807, 2.05) is 29.2 Å². The molecule has 1 N–H and O–H groups in total. The third-order valence-electron chi connectivity index (χ3n) is 4.47. The van der Waals surface area contributed by atoms with E-state index >= 15 is 0 Å². The molecule has 0 aromatic heterocycles. The molecule has 3 rings (SSSR count). The maximum atomic E-state index is 12.9. The van der Waals surface area contributed by atoms with Crippen molar-refractivity contribution < 1.29 is 14.3 Å². The van der Waals surface area contributed by atoms with E-state index in [2.05, 4.69) is 19.2 Å². The largest absolute Gasteiger partial charge is 0.497 e. The first-order valence-corrected chi connectivity index (χ1v) is 8.13. The number of carbonyl (C=O) groups excluding carboxylic acids is 2. The van der Waals surface area contributed by atoms with Gasteiger partial charge in [0.05, 0.1) is 31.0 Å². The van der Waals surface area contributed by atoms with Crippen molar-refractivity contribution in [2.75, 3.05) is 27.2 Å². The number of likely N-dealkylation sites (N-methyl/N-ethyl adjacent to an activating group) is 1. The van der Waals surface area contributed by atoms with Gasteiger partial charge >= 0.3 is 6.03 Å². The van der Waals surface area contributed by atoms with E-state index in [9.17, 15) is 9.59 Å². The first-order valence-electron chi connectivity index (χ1n) is 8.13. The standard InChI is InChI=1S/C18H23N3O3/c1-11(2)9-21-10-14-15(17(21)22)16(19-18(23)20(14)3)12-5-7-13(24-4)8-6-12/h5-8,11,16H,9-10H2,1-4H3,(H,19,23). The van der Waals surface area contributed by atoms with Crippen LogP contribution in [0.1, 0.15) is 25.5 Å². The fourth-order valence-electron chi connectivity index (χ4n) is 3.26. The second-order valence-corrected chi connectivity index (χ2v) is 6.65. The Balaban J connectivity index is 1.97. The molecule has 6 heteroatoms. The van der Waals surface area contributed by atoms with Crippen molar-refractivity contribution >= 4 is 11.9 Å². The van der Waals surface area contributed by atoms with Crippen molar-refractivity contribution in [3.05, 3.63) is 41.1 Å². The molecule has 0 radical (unpaired) electrons. The lowest BCUT2D eigenvalue weighted by Gasteiger charge is -2.31. The third-order valence-corrected chi connectivity index (χ3v) is 4.47. The lowest BCUT2D eigenvalue weighted by Crippen LogP contribution is -2.45. The van der Waals surface area contributed by atoms with Crippen LogP contribution in [0.5, 0.6) is 5.75 Å². The molecule has 1 aromatic carbocycles. The summed E-state index contributed by atoms with van der Waals surface area (Å²) in [6.07, 6.45) is 0. The van der Waals surface area contributed by atoms with Crippen LogP contribution in [0.3, 0.4) is 0 Å². The summed E-state index contributed by atoms with van der Waals surface area (Å²) in [5.41, 5.74) is 2.35. The van der Waals surface area contributed by atoms with Crippen LogP contribution in [0.25, 0.3) is 0 Å². The smallest absolute Gasteiger partial charge is 0.322 e. The predicted octanol–water partition coefficient (Wildman–Crippen LogP) is 2.14. The van der Waals surface area contributed by atoms with Gasteiger partial charge in [-0.05, 0) is 23.6 Å². The molecule has 1 aromatic rings.